The summed E-state index contributed by atoms with van der Waals surface area (Å²) in [7, 11) is 0. The molecule has 1 rings (SSSR count). The molecule has 0 saturated heterocycles. The van der Waals surface area contributed by atoms with Crippen LogP contribution < -0.4 is 10.5 Å². The molecule has 0 atom stereocenters. The summed E-state index contributed by atoms with van der Waals surface area (Å²) in [6, 6.07) is 5.34. The number of rotatable bonds is 5. The van der Waals surface area contributed by atoms with Gasteiger partial charge < -0.3 is 10.5 Å². The van der Waals surface area contributed by atoms with Crippen molar-refractivity contribution in [1.29, 1.82) is 0 Å². The van der Waals surface area contributed by atoms with Crippen LogP contribution in [0.2, 0.25) is 0 Å². The lowest BCUT2D eigenvalue weighted by Crippen LogP contribution is -2.09. The highest BCUT2D eigenvalue weighted by molar-refractivity contribution is 5.34. The van der Waals surface area contributed by atoms with Crippen molar-refractivity contribution in [3.63, 3.8) is 0 Å². The van der Waals surface area contributed by atoms with Gasteiger partial charge in [-0.25, -0.2) is 0 Å². The lowest BCUT2D eigenvalue weighted by atomic mass is 10.1. The summed E-state index contributed by atoms with van der Waals surface area (Å²) in [4.78, 5) is 0. The highest BCUT2D eigenvalue weighted by Crippen LogP contribution is 2.22. The van der Waals surface area contributed by atoms with Crippen molar-refractivity contribution in [2.24, 2.45) is 5.73 Å². The monoisotopic (exact) mass is 247 g/mol. The Hall–Kier alpha value is -1.23. The Morgan fingerprint density at radius 3 is 2.53 bits per heavy atom. The highest BCUT2D eigenvalue weighted by Gasteiger charge is 2.26. The molecule has 0 aliphatic rings. The van der Waals surface area contributed by atoms with Gasteiger partial charge in [-0.05, 0) is 36.6 Å². The average molecular weight is 247 g/mol. The van der Waals surface area contributed by atoms with E-state index in [0.29, 0.717) is 12.3 Å². The quantitative estimate of drug-likeness (QED) is 0.811. The molecule has 0 aliphatic heterocycles. The van der Waals surface area contributed by atoms with Crippen LogP contribution in [0.3, 0.4) is 0 Å². The summed E-state index contributed by atoms with van der Waals surface area (Å²) < 4.78 is 40.9. The molecular formula is C12H16F3NO. The number of ether oxygens (including phenoxy) is 1. The van der Waals surface area contributed by atoms with Crippen molar-refractivity contribution in [1.82, 2.24) is 0 Å². The Kier molecular flexibility index (Phi) is 4.81. The van der Waals surface area contributed by atoms with Crippen LogP contribution in [0.15, 0.2) is 18.2 Å². The first-order valence-electron chi connectivity index (χ1n) is 5.41. The van der Waals surface area contributed by atoms with Gasteiger partial charge >= 0.3 is 6.18 Å². The van der Waals surface area contributed by atoms with Crippen LogP contribution in [0.25, 0.3) is 0 Å². The number of hydrogen-bond donors (Lipinski definition) is 1. The predicted octanol–water partition coefficient (Wildman–Crippen LogP) is 3.18. The van der Waals surface area contributed by atoms with E-state index in [1.54, 1.807) is 12.1 Å². The van der Waals surface area contributed by atoms with Gasteiger partial charge in [0.1, 0.15) is 5.75 Å². The minimum absolute atomic E-state index is 0.0266. The van der Waals surface area contributed by atoms with Crippen LogP contribution in [0.5, 0.6) is 5.75 Å². The predicted molar refractivity (Wildman–Crippen MR) is 59.9 cm³/mol. The molecule has 0 heterocycles. The topological polar surface area (TPSA) is 35.2 Å². The van der Waals surface area contributed by atoms with Gasteiger partial charge in [0.15, 0.2) is 0 Å². The van der Waals surface area contributed by atoms with Crippen molar-refractivity contribution in [2.75, 3.05) is 6.61 Å². The van der Waals surface area contributed by atoms with E-state index in [4.69, 9.17) is 10.5 Å². The number of alkyl halides is 3. The molecule has 0 unspecified atom stereocenters. The minimum atomic E-state index is -4.11. The van der Waals surface area contributed by atoms with E-state index in [2.05, 4.69) is 0 Å². The van der Waals surface area contributed by atoms with Crippen LogP contribution in [0.1, 0.15) is 24.0 Å². The summed E-state index contributed by atoms with van der Waals surface area (Å²) >= 11 is 0. The third kappa shape index (κ3) is 5.08. The van der Waals surface area contributed by atoms with E-state index in [0.717, 1.165) is 11.1 Å². The molecule has 0 amide bonds. The van der Waals surface area contributed by atoms with Crippen LogP contribution in [-0.2, 0) is 6.54 Å². The smallest absolute Gasteiger partial charge is 0.389 e. The first-order chi connectivity index (χ1) is 7.92. The van der Waals surface area contributed by atoms with Gasteiger partial charge in [0.05, 0.1) is 6.61 Å². The molecule has 0 radical (unpaired) electrons. The van der Waals surface area contributed by atoms with Gasteiger partial charge in [0, 0.05) is 13.0 Å². The highest BCUT2D eigenvalue weighted by atomic mass is 19.4. The second-order valence-electron chi connectivity index (χ2n) is 3.86. The van der Waals surface area contributed by atoms with Crippen molar-refractivity contribution < 1.29 is 17.9 Å². The first kappa shape index (κ1) is 13.8. The largest absolute Gasteiger partial charge is 0.494 e. The zero-order valence-electron chi connectivity index (χ0n) is 9.68. The standard InChI is InChI=1S/C12H16F3NO/c1-9-7-11(4-3-10(9)8-16)17-6-2-5-12(13,14)15/h3-4,7H,2,5-6,8,16H2,1H3. The average Bonchev–Trinajstić information content (AvgIpc) is 2.23. The Morgan fingerprint density at radius 1 is 1.29 bits per heavy atom. The maximum Gasteiger partial charge on any atom is 0.389 e. The molecule has 0 spiro atoms. The maximum absolute atomic E-state index is 11.9. The molecule has 0 bridgehead atoms. The van der Waals surface area contributed by atoms with Gasteiger partial charge in [-0.1, -0.05) is 6.07 Å². The maximum atomic E-state index is 11.9. The van der Waals surface area contributed by atoms with E-state index in [-0.39, 0.29) is 13.0 Å². The van der Waals surface area contributed by atoms with Crippen molar-refractivity contribution in [2.45, 2.75) is 32.5 Å². The Labute approximate surface area is 98.6 Å². The Morgan fingerprint density at radius 2 is 2.00 bits per heavy atom. The zero-order valence-corrected chi connectivity index (χ0v) is 9.68. The molecule has 2 nitrogen and oxygen atoms in total. The summed E-state index contributed by atoms with van der Waals surface area (Å²) in [5.74, 6) is 0.585. The second-order valence-corrected chi connectivity index (χ2v) is 3.86. The van der Waals surface area contributed by atoms with E-state index in [1.807, 2.05) is 13.0 Å². The van der Waals surface area contributed by atoms with Crippen LogP contribution in [0, 0.1) is 6.92 Å². The van der Waals surface area contributed by atoms with E-state index in [1.165, 1.54) is 0 Å². The second kappa shape index (κ2) is 5.91. The van der Waals surface area contributed by atoms with E-state index < -0.39 is 12.6 Å². The van der Waals surface area contributed by atoms with Crippen molar-refractivity contribution in [3.05, 3.63) is 29.3 Å². The van der Waals surface area contributed by atoms with Crippen molar-refractivity contribution >= 4 is 0 Å². The fraction of sp³-hybridized carbons (Fsp3) is 0.500. The number of halogens is 3. The summed E-state index contributed by atoms with van der Waals surface area (Å²) in [6.45, 7) is 2.41. The molecule has 17 heavy (non-hydrogen) atoms. The Balaban J connectivity index is 2.40. The van der Waals surface area contributed by atoms with Crippen LogP contribution >= 0.6 is 0 Å². The van der Waals surface area contributed by atoms with Gasteiger partial charge in [-0.3, -0.25) is 0 Å². The SMILES string of the molecule is Cc1cc(OCCCC(F)(F)F)ccc1CN. The fourth-order valence-corrected chi connectivity index (χ4v) is 1.45. The van der Waals surface area contributed by atoms with Crippen molar-refractivity contribution in [3.8, 4) is 5.75 Å². The number of benzene rings is 1. The molecule has 0 saturated carbocycles. The van der Waals surface area contributed by atoms with Gasteiger partial charge in [-0.2, -0.15) is 13.2 Å². The normalized spacial score (nSPS) is 11.6. The summed E-state index contributed by atoms with van der Waals surface area (Å²) in [6.07, 6.45) is -4.95. The fourth-order valence-electron chi connectivity index (χ4n) is 1.45. The molecule has 96 valence electrons. The van der Waals surface area contributed by atoms with E-state index in [9.17, 15) is 13.2 Å². The van der Waals surface area contributed by atoms with Crippen LogP contribution in [-0.4, -0.2) is 12.8 Å². The van der Waals surface area contributed by atoms with E-state index >= 15 is 0 Å². The molecule has 0 aliphatic carbocycles. The van der Waals surface area contributed by atoms with Gasteiger partial charge in [-0.15, -0.1) is 0 Å². The van der Waals surface area contributed by atoms with Gasteiger partial charge in [0.2, 0.25) is 0 Å². The Bertz CT molecular complexity index is 363. The van der Waals surface area contributed by atoms with Crippen LogP contribution in [0.4, 0.5) is 13.2 Å². The third-order valence-electron chi connectivity index (χ3n) is 2.41. The summed E-state index contributed by atoms with van der Waals surface area (Å²) in [5.41, 5.74) is 7.50. The molecular weight excluding hydrogens is 231 g/mol. The lowest BCUT2D eigenvalue weighted by Gasteiger charge is -2.10. The molecule has 5 heteroatoms. The molecule has 0 aromatic heterocycles. The molecule has 0 fully saturated rings. The lowest BCUT2D eigenvalue weighted by molar-refractivity contribution is -0.136. The first-order valence-corrected chi connectivity index (χ1v) is 5.41. The third-order valence-corrected chi connectivity index (χ3v) is 2.41. The molecule has 2 N–H and O–H groups in total. The molecule has 1 aromatic rings. The number of aryl methyl sites for hydroxylation is 1. The number of nitrogens with two attached hydrogens (primary N) is 1. The van der Waals surface area contributed by atoms with Gasteiger partial charge in [0.25, 0.3) is 0 Å². The number of hydrogen-bond acceptors (Lipinski definition) is 2. The minimum Gasteiger partial charge on any atom is -0.494 e. The summed E-state index contributed by atoms with van der Waals surface area (Å²) in [5, 5.41) is 0. The molecule has 1 aromatic carbocycles. The zero-order chi connectivity index (χ0) is 12.9.